The average Bonchev–Trinajstić information content (AvgIpc) is 2.65. The third kappa shape index (κ3) is 1.01. The van der Waals surface area contributed by atoms with Crippen LogP contribution in [0.25, 0.3) is 20.7 Å². The van der Waals surface area contributed by atoms with Crippen molar-refractivity contribution < 1.29 is 0 Å². The first kappa shape index (κ1) is 7.24. The number of benzene rings is 1. The number of rotatable bonds is 0. The van der Waals surface area contributed by atoms with Gasteiger partial charge in [0.2, 0.25) is 0 Å². The molecule has 13 heavy (non-hydrogen) atoms. The van der Waals surface area contributed by atoms with Crippen LogP contribution in [-0.4, -0.2) is 24.5 Å². The molecule has 62 valence electrons. The van der Waals surface area contributed by atoms with E-state index in [-0.39, 0.29) is 0 Å². The number of para-hydroxylation sites is 1. The Bertz CT molecular complexity index is 571. The molecule has 1 aromatic carbocycles. The van der Waals surface area contributed by atoms with E-state index in [0.29, 0.717) is 14.5 Å². The monoisotopic (exact) mass is 234 g/mol. The molecule has 3 rings (SSSR count). The van der Waals surface area contributed by atoms with Gasteiger partial charge in [0.25, 0.3) is 0 Å². The first-order chi connectivity index (χ1) is 6.45. The van der Waals surface area contributed by atoms with E-state index in [1.807, 2.05) is 23.4 Å². The van der Waals surface area contributed by atoms with Gasteiger partial charge < -0.3 is 0 Å². The van der Waals surface area contributed by atoms with E-state index in [1.165, 1.54) is 9.65 Å². The Morgan fingerprint density at radius 2 is 1.92 bits per heavy atom. The quantitative estimate of drug-likeness (QED) is 0.554. The summed E-state index contributed by atoms with van der Waals surface area (Å²) < 4.78 is 1.37. The van der Waals surface area contributed by atoms with E-state index in [4.69, 9.17) is 0 Å². The molecule has 0 saturated heterocycles. The van der Waals surface area contributed by atoms with Crippen molar-refractivity contribution in [3.63, 3.8) is 0 Å². The summed E-state index contributed by atoms with van der Waals surface area (Å²) in [5.41, 5.74) is 2.13. The van der Waals surface area contributed by atoms with Crippen LogP contribution in [-0.2, 0) is 0 Å². The number of pyridine rings is 1. The van der Waals surface area contributed by atoms with Crippen molar-refractivity contribution in [3.05, 3.63) is 35.5 Å². The van der Waals surface area contributed by atoms with E-state index in [1.54, 1.807) is 0 Å². The first-order valence-electron chi connectivity index (χ1n) is 4.02. The summed E-state index contributed by atoms with van der Waals surface area (Å²) in [6.07, 6.45) is 1.86. The fourth-order valence-corrected chi connectivity index (χ4v) is 3.13. The van der Waals surface area contributed by atoms with Crippen LogP contribution in [0.4, 0.5) is 0 Å². The Labute approximate surface area is 81.0 Å². The second-order valence-corrected chi connectivity index (χ2v) is 4.64. The minimum atomic E-state index is 0.401. The van der Waals surface area contributed by atoms with Gasteiger partial charge in [-0.15, -0.1) is 0 Å². The van der Waals surface area contributed by atoms with Crippen molar-refractivity contribution in [2.24, 2.45) is 0 Å². The summed E-state index contributed by atoms with van der Waals surface area (Å²) in [6.45, 7) is 0. The van der Waals surface area contributed by atoms with Crippen LogP contribution >= 0.6 is 0 Å². The van der Waals surface area contributed by atoms with Crippen LogP contribution in [0.1, 0.15) is 0 Å². The Morgan fingerprint density at radius 1 is 1.00 bits per heavy atom. The molecule has 3 aromatic rings. The van der Waals surface area contributed by atoms with Crippen molar-refractivity contribution >= 4 is 35.2 Å². The van der Waals surface area contributed by atoms with Crippen LogP contribution < -0.4 is 0 Å². The zero-order chi connectivity index (χ0) is 8.67. The Hall–Kier alpha value is -1.18. The van der Waals surface area contributed by atoms with Crippen LogP contribution in [0.5, 0.6) is 0 Å². The van der Waals surface area contributed by atoms with Crippen LogP contribution in [0.3, 0.4) is 0 Å². The van der Waals surface area contributed by atoms with Gasteiger partial charge in [0, 0.05) is 0 Å². The zero-order valence-electron chi connectivity index (χ0n) is 6.77. The van der Waals surface area contributed by atoms with E-state index in [2.05, 4.69) is 22.1 Å². The van der Waals surface area contributed by atoms with E-state index < -0.39 is 0 Å². The summed E-state index contributed by atoms with van der Waals surface area (Å²) in [5, 5.41) is 3.27. The van der Waals surface area contributed by atoms with Crippen molar-refractivity contribution in [1.29, 1.82) is 0 Å². The molecular weight excluding hydrogens is 227 g/mol. The van der Waals surface area contributed by atoms with Gasteiger partial charge in [0.1, 0.15) is 0 Å². The molecule has 0 fully saturated rings. The van der Waals surface area contributed by atoms with Crippen molar-refractivity contribution in [1.82, 2.24) is 9.97 Å². The standard InChI is InChI=1S/C10H6N2Se/c1-2-4-8-7(3-1)10-9(5-11-8)12-6-13-10/h1-6H. The molecule has 0 N–H and O–H groups in total. The van der Waals surface area contributed by atoms with Crippen molar-refractivity contribution in [3.8, 4) is 0 Å². The summed E-state index contributed by atoms with van der Waals surface area (Å²) >= 11 is 0.401. The molecular formula is C10H6N2Se. The van der Waals surface area contributed by atoms with Gasteiger partial charge in [-0.3, -0.25) is 0 Å². The number of fused-ring (bicyclic) bond motifs is 3. The van der Waals surface area contributed by atoms with Gasteiger partial charge in [-0.25, -0.2) is 0 Å². The third-order valence-electron chi connectivity index (χ3n) is 2.07. The number of hydrogen-bond donors (Lipinski definition) is 0. The summed E-state index contributed by atoms with van der Waals surface area (Å²) in [6, 6.07) is 8.24. The zero-order valence-corrected chi connectivity index (χ0v) is 8.48. The Balaban J connectivity index is 2.65. The second kappa shape index (κ2) is 2.66. The summed E-state index contributed by atoms with van der Waals surface area (Å²) in [7, 11) is 0. The van der Waals surface area contributed by atoms with Crippen molar-refractivity contribution in [2.75, 3.05) is 0 Å². The molecule has 0 aliphatic heterocycles. The Morgan fingerprint density at radius 3 is 2.92 bits per heavy atom. The van der Waals surface area contributed by atoms with Gasteiger partial charge in [0.15, 0.2) is 0 Å². The number of hydrogen-bond acceptors (Lipinski definition) is 2. The van der Waals surface area contributed by atoms with Gasteiger partial charge >= 0.3 is 80.7 Å². The maximum absolute atomic E-state index is 4.35. The van der Waals surface area contributed by atoms with Crippen LogP contribution in [0.15, 0.2) is 35.5 Å². The summed E-state index contributed by atoms with van der Waals surface area (Å²) in [4.78, 5) is 8.64. The molecule has 3 heteroatoms. The molecule has 0 unspecified atom stereocenters. The third-order valence-corrected chi connectivity index (χ3v) is 3.91. The Kier molecular flexibility index (Phi) is 1.48. The minimum absolute atomic E-state index is 0.401. The van der Waals surface area contributed by atoms with Crippen molar-refractivity contribution in [2.45, 2.75) is 0 Å². The van der Waals surface area contributed by atoms with Gasteiger partial charge in [0.05, 0.1) is 0 Å². The van der Waals surface area contributed by atoms with E-state index in [9.17, 15) is 0 Å². The van der Waals surface area contributed by atoms with Gasteiger partial charge in [-0.1, -0.05) is 0 Å². The molecule has 0 bridgehead atoms. The molecule has 0 aliphatic rings. The normalized spacial score (nSPS) is 11.1. The SMILES string of the molecule is c1ccc2c(c1)ncc1nc[se]c12. The molecule has 0 radical (unpaired) electrons. The van der Waals surface area contributed by atoms with Crippen LogP contribution in [0, 0.1) is 0 Å². The fourth-order valence-electron chi connectivity index (χ4n) is 1.46. The maximum atomic E-state index is 4.35. The summed E-state index contributed by atoms with van der Waals surface area (Å²) in [5.74, 6) is 0. The average molecular weight is 233 g/mol. The van der Waals surface area contributed by atoms with E-state index in [0.717, 1.165) is 11.0 Å². The molecule has 0 aliphatic carbocycles. The first-order valence-corrected chi connectivity index (χ1v) is 5.87. The van der Waals surface area contributed by atoms with Gasteiger partial charge in [-0.05, 0) is 0 Å². The van der Waals surface area contributed by atoms with Gasteiger partial charge in [-0.2, -0.15) is 0 Å². The topological polar surface area (TPSA) is 25.8 Å². The molecule has 0 spiro atoms. The predicted octanol–water partition coefficient (Wildman–Crippen LogP) is 1.84. The molecule has 0 atom stereocenters. The molecule has 2 aromatic heterocycles. The second-order valence-electron chi connectivity index (χ2n) is 2.84. The van der Waals surface area contributed by atoms with Crippen LogP contribution in [0.2, 0.25) is 0 Å². The van der Waals surface area contributed by atoms with E-state index >= 15 is 0 Å². The molecule has 2 heterocycles. The predicted molar refractivity (Wildman–Crippen MR) is 54.0 cm³/mol. The number of nitrogens with zero attached hydrogens (tertiary/aromatic N) is 2. The molecule has 0 amide bonds. The molecule has 0 saturated carbocycles. The fraction of sp³-hybridized carbons (Fsp3) is 0. The molecule has 2 nitrogen and oxygen atoms in total. The number of aromatic nitrogens is 2.